The zero-order chi connectivity index (χ0) is 14.5. The SMILES string of the molecule is CCCNC(CC1CCCCC1)c1c(C)oc(C)c1C. The summed E-state index contributed by atoms with van der Waals surface area (Å²) in [5, 5.41) is 3.77. The second kappa shape index (κ2) is 7.31. The number of nitrogens with one attached hydrogen (secondary N) is 1. The fourth-order valence-corrected chi connectivity index (χ4v) is 3.70. The predicted molar refractivity (Wildman–Crippen MR) is 85.1 cm³/mol. The standard InChI is InChI=1S/C18H31NO/c1-5-11-19-17(12-16-9-7-6-8-10-16)18-13(2)14(3)20-15(18)4/h16-17,19H,5-12H2,1-4H3. The Morgan fingerprint density at radius 2 is 1.80 bits per heavy atom. The molecule has 0 bridgehead atoms. The third-order valence-corrected chi connectivity index (χ3v) is 4.90. The Morgan fingerprint density at radius 3 is 2.35 bits per heavy atom. The van der Waals surface area contributed by atoms with Crippen LogP contribution >= 0.6 is 0 Å². The predicted octanol–water partition coefficient (Wildman–Crippen LogP) is 5.22. The summed E-state index contributed by atoms with van der Waals surface area (Å²) in [6.07, 6.45) is 9.59. The van der Waals surface area contributed by atoms with E-state index < -0.39 is 0 Å². The van der Waals surface area contributed by atoms with Gasteiger partial charge in [0, 0.05) is 11.6 Å². The van der Waals surface area contributed by atoms with Crippen LogP contribution in [-0.2, 0) is 0 Å². The van der Waals surface area contributed by atoms with Crippen LogP contribution in [0.3, 0.4) is 0 Å². The molecule has 1 aliphatic rings. The average Bonchev–Trinajstić information content (AvgIpc) is 2.70. The third kappa shape index (κ3) is 3.66. The van der Waals surface area contributed by atoms with Crippen molar-refractivity contribution >= 4 is 0 Å². The zero-order valence-electron chi connectivity index (χ0n) is 13.7. The van der Waals surface area contributed by atoms with Gasteiger partial charge in [-0.15, -0.1) is 0 Å². The van der Waals surface area contributed by atoms with Crippen LogP contribution in [0.5, 0.6) is 0 Å². The summed E-state index contributed by atoms with van der Waals surface area (Å²) in [6.45, 7) is 9.76. The van der Waals surface area contributed by atoms with E-state index in [9.17, 15) is 0 Å². The summed E-state index contributed by atoms with van der Waals surface area (Å²) < 4.78 is 5.86. The lowest BCUT2D eigenvalue weighted by molar-refractivity contribution is 0.298. The number of furan rings is 1. The second-order valence-corrected chi connectivity index (χ2v) is 6.50. The highest BCUT2D eigenvalue weighted by atomic mass is 16.3. The quantitative estimate of drug-likeness (QED) is 0.771. The topological polar surface area (TPSA) is 25.2 Å². The van der Waals surface area contributed by atoms with Crippen molar-refractivity contribution in [1.82, 2.24) is 5.32 Å². The van der Waals surface area contributed by atoms with Crippen molar-refractivity contribution < 1.29 is 4.42 Å². The minimum absolute atomic E-state index is 0.482. The van der Waals surface area contributed by atoms with Crippen LogP contribution in [0.4, 0.5) is 0 Å². The van der Waals surface area contributed by atoms with Crippen LogP contribution in [0.25, 0.3) is 0 Å². The summed E-state index contributed by atoms with van der Waals surface area (Å²) in [6, 6.07) is 0.482. The monoisotopic (exact) mass is 277 g/mol. The minimum atomic E-state index is 0.482. The lowest BCUT2D eigenvalue weighted by Gasteiger charge is -2.27. The normalized spacial score (nSPS) is 18.4. The highest BCUT2D eigenvalue weighted by Gasteiger charge is 2.24. The van der Waals surface area contributed by atoms with E-state index in [0.29, 0.717) is 6.04 Å². The summed E-state index contributed by atoms with van der Waals surface area (Å²) in [5.41, 5.74) is 2.79. The second-order valence-electron chi connectivity index (χ2n) is 6.50. The van der Waals surface area contributed by atoms with Gasteiger partial charge in [-0.3, -0.25) is 0 Å². The van der Waals surface area contributed by atoms with Crippen molar-refractivity contribution in [3.63, 3.8) is 0 Å². The van der Waals surface area contributed by atoms with Crippen LogP contribution in [-0.4, -0.2) is 6.54 Å². The highest BCUT2D eigenvalue weighted by molar-refractivity contribution is 5.34. The lowest BCUT2D eigenvalue weighted by atomic mass is 9.82. The molecule has 0 spiro atoms. The van der Waals surface area contributed by atoms with Crippen molar-refractivity contribution in [1.29, 1.82) is 0 Å². The van der Waals surface area contributed by atoms with Gasteiger partial charge < -0.3 is 9.73 Å². The Labute approximate surface area is 124 Å². The van der Waals surface area contributed by atoms with Crippen LogP contribution in [0.2, 0.25) is 0 Å². The first-order valence-electron chi connectivity index (χ1n) is 8.43. The van der Waals surface area contributed by atoms with Gasteiger partial charge in [-0.2, -0.15) is 0 Å². The van der Waals surface area contributed by atoms with E-state index in [0.717, 1.165) is 24.0 Å². The molecule has 114 valence electrons. The number of hydrogen-bond acceptors (Lipinski definition) is 2. The van der Waals surface area contributed by atoms with Crippen molar-refractivity contribution in [2.24, 2.45) is 5.92 Å². The van der Waals surface area contributed by atoms with E-state index in [-0.39, 0.29) is 0 Å². The summed E-state index contributed by atoms with van der Waals surface area (Å²) >= 11 is 0. The Hall–Kier alpha value is -0.760. The van der Waals surface area contributed by atoms with Gasteiger partial charge in [0.15, 0.2) is 0 Å². The Balaban J connectivity index is 2.13. The van der Waals surface area contributed by atoms with Crippen LogP contribution in [0.1, 0.15) is 80.6 Å². The van der Waals surface area contributed by atoms with E-state index in [1.807, 2.05) is 0 Å². The van der Waals surface area contributed by atoms with E-state index in [1.165, 1.54) is 56.1 Å². The van der Waals surface area contributed by atoms with Crippen LogP contribution < -0.4 is 5.32 Å². The van der Waals surface area contributed by atoms with Gasteiger partial charge in [-0.05, 0) is 51.6 Å². The molecule has 1 heterocycles. The van der Waals surface area contributed by atoms with E-state index in [2.05, 4.69) is 33.0 Å². The fourth-order valence-electron chi connectivity index (χ4n) is 3.70. The molecule has 2 rings (SSSR count). The molecule has 0 aromatic carbocycles. The molecule has 1 aromatic heterocycles. The first kappa shape index (κ1) is 15.6. The van der Waals surface area contributed by atoms with Crippen molar-refractivity contribution in [2.75, 3.05) is 6.54 Å². The number of rotatable bonds is 6. The molecule has 1 atom stereocenters. The molecule has 1 N–H and O–H groups in total. The fraction of sp³-hybridized carbons (Fsp3) is 0.778. The molecular weight excluding hydrogens is 246 g/mol. The largest absolute Gasteiger partial charge is 0.466 e. The number of hydrogen-bond donors (Lipinski definition) is 1. The van der Waals surface area contributed by atoms with Crippen LogP contribution in [0, 0.1) is 26.7 Å². The maximum absolute atomic E-state index is 5.86. The lowest BCUT2D eigenvalue weighted by Crippen LogP contribution is -2.26. The molecule has 1 aromatic rings. The zero-order valence-corrected chi connectivity index (χ0v) is 13.7. The molecule has 1 saturated carbocycles. The van der Waals surface area contributed by atoms with Gasteiger partial charge in [0.1, 0.15) is 11.5 Å². The van der Waals surface area contributed by atoms with Gasteiger partial charge in [0.05, 0.1) is 0 Å². The molecule has 0 saturated heterocycles. The first-order chi connectivity index (χ1) is 9.63. The third-order valence-electron chi connectivity index (χ3n) is 4.90. The first-order valence-corrected chi connectivity index (χ1v) is 8.43. The van der Waals surface area contributed by atoms with Gasteiger partial charge in [0.2, 0.25) is 0 Å². The van der Waals surface area contributed by atoms with E-state index in [4.69, 9.17) is 4.42 Å². The average molecular weight is 277 g/mol. The maximum atomic E-state index is 5.86. The van der Waals surface area contributed by atoms with E-state index in [1.54, 1.807) is 0 Å². The number of aryl methyl sites for hydroxylation is 2. The van der Waals surface area contributed by atoms with Gasteiger partial charge in [0.25, 0.3) is 0 Å². The van der Waals surface area contributed by atoms with Gasteiger partial charge >= 0.3 is 0 Å². The van der Waals surface area contributed by atoms with Gasteiger partial charge in [-0.25, -0.2) is 0 Å². The molecule has 1 fully saturated rings. The Morgan fingerprint density at radius 1 is 1.10 bits per heavy atom. The van der Waals surface area contributed by atoms with Crippen molar-refractivity contribution in [2.45, 2.75) is 78.7 Å². The molecular formula is C18H31NO. The molecule has 0 radical (unpaired) electrons. The maximum Gasteiger partial charge on any atom is 0.106 e. The highest BCUT2D eigenvalue weighted by Crippen LogP contribution is 2.35. The van der Waals surface area contributed by atoms with E-state index >= 15 is 0 Å². The molecule has 2 nitrogen and oxygen atoms in total. The summed E-state index contributed by atoms with van der Waals surface area (Å²) in [4.78, 5) is 0. The smallest absolute Gasteiger partial charge is 0.106 e. The molecule has 2 heteroatoms. The molecule has 0 aliphatic heterocycles. The summed E-state index contributed by atoms with van der Waals surface area (Å²) in [7, 11) is 0. The summed E-state index contributed by atoms with van der Waals surface area (Å²) in [5.74, 6) is 3.10. The molecule has 1 unspecified atom stereocenters. The molecule has 20 heavy (non-hydrogen) atoms. The van der Waals surface area contributed by atoms with Crippen molar-refractivity contribution in [3.05, 3.63) is 22.6 Å². The molecule has 1 aliphatic carbocycles. The Bertz CT molecular complexity index is 415. The minimum Gasteiger partial charge on any atom is -0.466 e. The van der Waals surface area contributed by atoms with Crippen molar-refractivity contribution in [3.8, 4) is 0 Å². The molecule has 0 amide bonds. The van der Waals surface area contributed by atoms with Gasteiger partial charge in [-0.1, -0.05) is 39.0 Å². The van der Waals surface area contributed by atoms with Crippen LogP contribution in [0.15, 0.2) is 4.42 Å². The Kier molecular flexibility index (Phi) is 5.71.